The van der Waals surface area contributed by atoms with Crippen molar-refractivity contribution < 1.29 is 0 Å². The average molecular weight is 179 g/mol. The van der Waals surface area contributed by atoms with Gasteiger partial charge in [0.25, 0.3) is 0 Å². The highest BCUT2D eigenvalue weighted by Gasteiger charge is 1.96. The summed E-state index contributed by atoms with van der Waals surface area (Å²) in [5.41, 5.74) is 0. The minimum Gasteiger partial charge on any atom is -0.119 e. The summed E-state index contributed by atoms with van der Waals surface area (Å²) in [5.74, 6) is 3.90. The molecule has 0 aromatic carbocycles. The Bertz CT molecular complexity index is 129. The zero-order chi connectivity index (χ0) is 9.94. The Labute approximate surface area is 84.1 Å². The normalized spacial score (nSPS) is 10.3. The predicted octanol–water partition coefficient (Wildman–Crippen LogP) is 4.35. The van der Waals surface area contributed by atoms with Crippen LogP contribution in [0.25, 0.3) is 0 Å². The van der Waals surface area contributed by atoms with Gasteiger partial charge in [0.15, 0.2) is 0 Å². The summed E-state index contributed by atoms with van der Waals surface area (Å²) < 4.78 is 0. The molecule has 75 valence electrons. The Morgan fingerprint density at radius 3 is 2.08 bits per heavy atom. The van der Waals surface area contributed by atoms with Crippen molar-refractivity contribution in [2.24, 2.45) is 0 Å². The van der Waals surface area contributed by atoms with Gasteiger partial charge in [0.2, 0.25) is 0 Å². The molecule has 0 aliphatic rings. The van der Waals surface area contributed by atoms with E-state index in [9.17, 15) is 0 Å². The largest absolute Gasteiger partial charge is 0.119 e. The Hall–Kier alpha value is -0.440. The summed E-state index contributed by atoms with van der Waals surface area (Å²) in [6.07, 6.45) is 16.0. The van der Waals surface area contributed by atoms with E-state index in [1.54, 1.807) is 0 Å². The van der Waals surface area contributed by atoms with Crippen LogP contribution in [0.5, 0.6) is 0 Å². The predicted molar refractivity (Wildman–Crippen MR) is 60.4 cm³/mol. The van der Waals surface area contributed by atoms with Crippen LogP contribution < -0.4 is 0 Å². The SMILES string of the molecule is C#C[C](C)CCCCCCCCC. The molecule has 0 aliphatic heterocycles. The molecule has 0 heterocycles. The van der Waals surface area contributed by atoms with E-state index in [1.165, 1.54) is 50.9 Å². The molecular formula is C13H23. The van der Waals surface area contributed by atoms with Crippen LogP contribution in [-0.2, 0) is 0 Å². The van der Waals surface area contributed by atoms with E-state index in [0.29, 0.717) is 0 Å². The average Bonchev–Trinajstić information content (AvgIpc) is 2.16. The van der Waals surface area contributed by atoms with E-state index < -0.39 is 0 Å². The van der Waals surface area contributed by atoms with Gasteiger partial charge in [-0.15, -0.1) is 6.42 Å². The van der Waals surface area contributed by atoms with Gasteiger partial charge in [-0.1, -0.05) is 57.8 Å². The van der Waals surface area contributed by atoms with Crippen molar-refractivity contribution in [2.45, 2.75) is 65.2 Å². The molecule has 0 amide bonds. The first-order valence-electron chi connectivity index (χ1n) is 5.60. The second-order valence-electron chi connectivity index (χ2n) is 3.80. The highest BCUT2D eigenvalue weighted by atomic mass is 14.0. The summed E-state index contributed by atoms with van der Waals surface area (Å²) in [7, 11) is 0. The van der Waals surface area contributed by atoms with Gasteiger partial charge in [0.05, 0.1) is 0 Å². The van der Waals surface area contributed by atoms with Gasteiger partial charge in [-0.2, -0.15) is 0 Å². The lowest BCUT2D eigenvalue weighted by Gasteiger charge is -2.02. The Morgan fingerprint density at radius 1 is 1.00 bits per heavy atom. The van der Waals surface area contributed by atoms with Gasteiger partial charge in [-0.05, 0) is 13.3 Å². The molecule has 0 spiro atoms. The number of hydrogen-bond acceptors (Lipinski definition) is 0. The van der Waals surface area contributed by atoms with Crippen LogP contribution in [-0.4, -0.2) is 0 Å². The van der Waals surface area contributed by atoms with Crippen LogP contribution in [0.3, 0.4) is 0 Å². The summed E-state index contributed by atoms with van der Waals surface area (Å²) in [6.45, 7) is 4.31. The Kier molecular flexibility index (Phi) is 9.32. The third kappa shape index (κ3) is 9.47. The van der Waals surface area contributed by atoms with Crippen LogP contribution in [0.1, 0.15) is 65.2 Å². The van der Waals surface area contributed by atoms with E-state index in [0.717, 1.165) is 6.42 Å². The Balaban J connectivity index is 2.96. The molecule has 0 rings (SSSR count). The minimum atomic E-state index is 1.13. The standard InChI is InChI=1S/C13H23/c1-4-6-7-8-9-10-11-12-13(3)5-2/h2H,4,6-12H2,1,3H3. The fraction of sp³-hybridized carbons (Fsp3) is 0.769. The molecule has 0 nitrogen and oxygen atoms in total. The molecule has 0 atom stereocenters. The quantitative estimate of drug-likeness (QED) is 0.384. The molecule has 0 heteroatoms. The number of unbranched alkanes of at least 4 members (excludes halogenated alkanes) is 6. The van der Waals surface area contributed by atoms with Crippen LogP contribution in [0, 0.1) is 18.3 Å². The molecule has 0 saturated heterocycles. The maximum absolute atomic E-state index is 5.27. The van der Waals surface area contributed by atoms with Crippen LogP contribution >= 0.6 is 0 Å². The van der Waals surface area contributed by atoms with Crippen LogP contribution in [0.4, 0.5) is 0 Å². The fourth-order valence-corrected chi connectivity index (χ4v) is 1.42. The van der Waals surface area contributed by atoms with Crippen molar-refractivity contribution in [1.29, 1.82) is 0 Å². The second kappa shape index (κ2) is 9.65. The molecule has 0 N–H and O–H groups in total. The molecule has 13 heavy (non-hydrogen) atoms. The third-order valence-corrected chi connectivity index (χ3v) is 2.40. The van der Waals surface area contributed by atoms with Gasteiger partial charge in [0.1, 0.15) is 0 Å². The lowest BCUT2D eigenvalue weighted by molar-refractivity contribution is 0.584. The molecule has 1 radical (unpaired) electrons. The first kappa shape index (κ1) is 12.6. The Morgan fingerprint density at radius 2 is 1.54 bits per heavy atom. The smallest absolute Gasteiger partial charge is 0.0446 e. The van der Waals surface area contributed by atoms with Crippen molar-refractivity contribution in [1.82, 2.24) is 0 Å². The van der Waals surface area contributed by atoms with Gasteiger partial charge < -0.3 is 0 Å². The van der Waals surface area contributed by atoms with E-state index in [2.05, 4.69) is 19.8 Å². The number of rotatable bonds is 8. The summed E-state index contributed by atoms with van der Waals surface area (Å²) in [6, 6.07) is 0. The van der Waals surface area contributed by atoms with Crippen molar-refractivity contribution in [2.75, 3.05) is 0 Å². The number of hydrogen-bond donors (Lipinski definition) is 0. The minimum absolute atomic E-state index is 1.13. The van der Waals surface area contributed by atoms with Crippen molar-refractivity contribution in [3.05, 3.63) is 5.92 Å². The maximum Gasteiger partial charge on any atom is 0.0446 e. The lowest BCUT2D eigenvalue weighted by Crippen LogP contribution is -1.87. The van der Waals surface area contributed by atoms with Crippen molar-refractivity contribution >= 4 is 0 Å². The first-order valence-corrected chi connectivity index (χ1v) is 5.60. The highest BCUT2D eigenvalue weighted by Crippen LogP contribution is 2.12. The molecule has 0 fully saturated rings. The molecule has 0 aromatic rings. The fourth-order valence-electron chi connectivity index (χ4n) is 1.42. The second-order valence-corrected chi connectivity index (χ2v) is 3.80. The lowest BCUT2D eigenvalue weighted by atomic mass is 10.0. The van der Waals surface area contributed by atoms with E-state index >= 15 is 0 Å². The zero-order valence-electron chi connectivity index (χ0n) is 9.23. The maximum atomic E-state index is 5.27. The molecule has 0 unspecified atom stereocenters. The highest BCUT2D eigenvalue weighted by molar-refractivity contribution is 5.13. The van der Waals surface area contributed by atoms with Gasteiger partial charge in [-0.3, -0.25) is 0 Å². The van der Waals surface area contributed by atoms with Gasteiger partial charge in [0, 0.05) is 5.92 Å². The summed E-state index contributed by atoms with van der Waals surface area (Å²) >= 11 is 0. The van der Waals surface area contributed by atoms with Crippen LogP contribution in [0.15, 0.2) is 0 Å². The summed E-state index contributed by atoms with van der Waals surface area (Å²) in [4.78, 5) is 0. The molecule has 0 bridgehead atoms. The van der Waals surface area contributed by atoms with Crippen LogP contribution in [0.2, 0.25) is 0 Å². The first-order chi connectivity index (χ1) is 6.31. The monoisotopic (exact) mass is 179 g/mol. The zero-order valence-corrected chi connectivity index (χ0v) is 9.23. The molecule has 0 aromatic heterocycles. The van der Waals surface area contributed by atoms with Crippen molar-refractivity contribution in [3.8, 4) is 12.3 Å². The van der Waals surface area contributed by atoms with E-state index in [1.807, 2.05) is 0 Å². The van der Waals surface area contributed by atoms with Gasteiger partial charge >= 0.3 is 0 Å². The summed E-state index contributed by atoms with van der Waals surface area (Å²) in [5, 5.41) is 0. The van der Waals surface area contributed by atoms with Crippen molar-refractivity contribution in [3.63, 3.8) is 0 Å². The van der Waals surface area contributed by atoms with Gasteiger partial charge in [-0.25, -0.2) is 0 Å². The molecular weight excluding hydrogens is 156 g/mol. The van der Waals surface area contributed by atoms with E-state index in [-0.39, 0.29) is 0 Å². The topological polar surface area (TPSA) is 0 Å². The molecule has 0 aliphatic carbocycles. The number of terminal acetylenes is 1. The third-order valence-electron chi connectivity index (χ3n) is 2.40. The molecule has 0 saturated carbocycles. The van der Waals surface area contributed by atoms with E-state index in [4.69, 9.17) is 6.42 Å².